The second-order valence-electron chi connectivity index (χ2n) is 10.4. The molecule has 0 amide bonds. The fraction of sp³-hybridized carbons (Fsp3) is 0.0571. The maximum absolute atomic E-state index is 5.55. The van der Waals surface area contributed by atoms with Crippen molar-refractivity contribution in [2.75, 3.05) is 4.90 Å². The Balaban J connectivity index is 1.41. The molecule has 0 saturated carbocycles. The Morgan fingerprint density at radius 1 is 0.641 bits per heavy atom. The highest BCUT2D eigenvalue weighted by Gasteiger charge is 2.39. The van der Waals surface area contributed by atoms with Crippen molar-refractivity contribution in [1.82, 2.24) is 9.55 Å². The predicted octanol–water partition coefficient (Wildman–Crippen LogP) is 9.28. The summed E-state index contributed by atoms with van der Waals surface area (Å²) in [5, 5.41) is 5.04. The Morgan fingerprint density at radius 3 is 2.13 bits per heavy atom. The number of para-hydroxylation sites is 3. The molecular weight excluding hydrogens is 494 g/mol. The maximum Gasteiger partial charge on any atom is 0.154 e. The molecule has 3 aromatic heterocycles. The summed E-state index contributed by atoms with van der Waals surface area (Å²) in [7, 11) is 0. The second kappa shape index (κ2) is 7.92. The lowest BCUT2D eigenvalue weighted by Crippen LogP contribution is -2.29. The average Bonchev–Trinajstić information content (AvgIpc) is 3.65. The van der Waals surface area contributed by atoms with Crippen molar-refractivity contribution >= 4 is 64.8 Å². The Bertz CT molecular complexity index is 2110. The van der Waals surface area contributed by atoms with Crippen LogP contribution >= 0.6 is 11.3 Å². The van der Waals surface area contributed by atoms with Crippen molar-refractivity contribution < 1.29 is 0 Å². The molecule has 0 N–H and O–H groups in total. The molecule has 0 saturated heterocycles. The molecule has 1 aliphatic carbocycles. The van der Waals surface area contributed by atoms with Gasteiger partial charge in [-0.1, -0.05) is 97.1 Å². The molecule has 1 aliphatic heterocycles. The van der Waals surface area contributed by atoms with Gasteiger partial charge in [0.1, 0.15) is 5.82 Å². The number of aromatic nitrogens is 2. The van der Waals surface area contributed by atoms with Crippen LogP contribution in [0.1, 0.15) is 11.5 Å². The smallest absolute Gasteiger partial charge is 0.154 e. The first-order valence-corrected chi connectivity index (χ1v) is 14.2. The summed E-state index contributed by atoms with van der Waals surface area (Å²) in [6.07, 6.45) is 9.03. The predicted molar refractivity (Wildman–Crippen MR) is 165 cm³/mol. The van der Waals surface area contributed by atoms with E-state index in [-0.39, 0.29) is 6.04 Å². The molecule has 7 aromatic rings. The molecule has 3 nitrogen and oxygen atoms in total. The highest BCUT2D eigenvalue weighted by atomic mass is 32.1. The van der Waals surface area contributed by atoms with Crippen molar-refractivity contribution in [3.63, 3.8) is 0 Å². The summed E-state index contributed by atoms with van der Waals surface area (Å²) < 4.78 is 4.87. The van der Waals surface area contributed by atoms with Gasteiger partial charge in [-0.3, -0.25) is 4.57 Å². The highest BCUT2D eigenvalue weighted by Crippen LogP contribution is 2.50. The van der Waals surface area contributed by atoms with E-state index >= 15 is 0 Å². The number of hydrogen-bond acceptors (Lipinski definition) is 3. The van der Waals surface area contributed by atoms with E-state index in [9.17, 15) is 0 Å². The molecule has 0 bridgehead atoms. The first-order valence-electron chi connectivity index (χ1n) is 13.4. The largest absolute Gasteiger partial charge is 0.317 e. The van der Waals surface area contributed by atoms with Crippen LogP contribution in [0, 0.1) is 0 Å². The van der Waals surface area contributed by atoms with E-state index in [1.165, 1.54) is 53.2 Å². The third kappa shape index (κ3) is 2.89. The summed E-state index contributed by atoms with van der Waals surface area (Å²) in [4.78, 5) is 8.03. The molecule has 4 aromatic carbocycles. The number of benzene rings is 4. The van der Waals surface area contributed by atoms with Gasteiger partial charge in [-0.15, -0.1) is 11.3 Å². The topological polar surface area (TPSA) is 21.1 Å². The molecule has 2 atom stereocenters. The molecule has 39 heavy (non-hydrogen) atoms. The van der Waals surface area contributed by atoms with Gasteiger partial charge < -0.3 is 4.90 Å². The second-order valence-corrected chi connectivity index (χ2v) is 11.4. The molecule has 2 unspecified atom stereocenters. The van der Waals surface area contributed by atoms with Gasteiger partial charge in [0, 0.05) is 37.9 Å². The van der Waals surface area contributed by atoms with Crippen LogP contribution in [0.4, 0.5) is 11.5 Å². The molecule has 4 heterocycles. The summed E-state index contributed by atoms with van der Waals surface area (Å²) in [5.41, 5.74) is 4.96. The van der Waals surface area contributed by atoms with Gasteiger partial charge >= 0.3 is 0 Å². The summed E-state index contributed by atoms with van der Waals surface area (Å²) in [6.45, 7) is 0. The van der Waals surface area contributed by atoms with Gasteiger partial charge in [-0.2, -0.15) is 0 Å². The lowest BCUT2D eigenvalue weighted by Gasteiger charge is -2.28. The molecule has 4 heteroatoms. The number of pyridine rings is 1. The van der Waals surface area contributed by atoms with Gasteiger partial charge in [-0.05, 0) is 35.9 Å². The standard InChI is InChI=1S/C35H23N3S/c1-6-16-28-22(11-1)23-12-2-7-17-29(23)37(28)33-21-27-26-15-5-10-20-32(26)39-34(27)35(36-33)38-30-18-8-3-13-24(30)25-14-4-9-19-31(25)38/h1-21,24,30H. The number of fused-ring (bicyclic) bond motifs is 9. The highest BCUT2D eigenvalue weighted by molar-refractivity contribution is 7.26. The van der Waals surface area contributed by atoms with Crippen LogP contribution in [0.25, 0.3) is 47.8 Å². The zero-order valence-corrected chi connectivity index (χ0v) is 21.8. The van der Waals surface area contributed by atoms with Gasteiger partial charge in [0.25, 0.3) is 0 Å². The third-order valence-electron chi connectivity index (χ3n) is 8.33. The number of thiophene rings is 1. The van der Waals surface area contributed by atoms with E-state index in [4.69, 9.17) is 4.98 Å². The Labute approximate surface area is 229 Å². The fourth-order valence-electron chi connectivity index (χ4n) is 6.68. The molecular formula is C35H23N3S. The van der Waals surface area contributed by atoms with Crippen LogP contribution in [0.3, 0.4) is 0 Å². The molecule has 9 rings (SSSR count). The first-order chi connectivity index (χ1) is 19.4. The maximum atomic E-state index is 5.55. The van der Waals surface area contributed by atoms with Crippen molar-refractivity contribution in [3.8, 4) is 5.82 Å². The number of hydrogen-bond donors (Lipinski definition) is 0. The molecule has 184 valence electrons. The van der Waals surface area contributed by atoms with Gasteiger partial charge in [0.05, 0.1) is 21.8 Å². The number of allylic oxidation sites excluding steroid dienone is 2. The van der Waals surface area contributed by atoms with Crippen LogP contribution in [0.2, 0.25) is 0 Å². The van der Waals surface area contributed by atoms with E-state index in [0.717, 1.165) is 11.6 Å². The van der Waals surface area contributed by atoms with Crippen LogP contribution in [-0.2, 0) is 0 Å². The third-order valence-corrected chi connectivity index (χ3v) is 9.51. The Hall–Kier alpha value is -4.67. The number of rotatable bonds is 2. The van der Waals surface area contributed by atoms with Crippen LogP contribution in [0.15, 0.2) is 127 Å². The fourth-order valence-corrected chi connectivity index (χ4v) is 7.85. The molecule has 2 aliphatic rings. The van der Waals surface area contributed by atoms with Gasteiger partial charge in [0.2, 0.25) is 0 Å². The summed E-state index contributed by atoms with van der Waals surface area (Å²) >= 11 is 1.85. The lowest BCUT2D eigenvalue weighted by atomic mass is 9.91. The zero-order valence-electron chi connectivity index (χ0n) is 21.0. The quantitative estimate of drug-likeness (QED) is 0.228. The first kappa shape index (κ1) is 21.3. The Kier molecular flexibility index (Phi) is 4.32. The van der Waals surface area contributed by atoms with Crippen LogP contribution < -0.4 is 4.90 Å². The summed E-state index contributed by atoms with van der Waals surface area (Å²) in [5.74, 6) is 2.30. The molecule has 0 spiro atoms. The SMILES string of the molecule is C1=CC2c3ccccc3N(c3nc(-n4c5ccccc5c5ccccc54)cc4c3sc3ccccc34)C2C=C1. The van der Waals surface area contributed by atoms with Gasteiger partial charge in [-0.25, -0.2) is 4.98 Å². The normalized spacial score (nSPS) is 18.0. The van der Waals surface area contributed by atoms with E-state index in [2.05, 4.69) is 137 Å². The monoisotopic (exact) mass is 517 g/mol. The lowest BCUT2D eigenvalue weighted by molar-refractivity contribution is 0.739. The zero-order chi connectivity index (χ0) is 25.5. The molecule has 0 fully saturated rings. The van der Waals surface area contributed by atoms with E-state index in [1.807, 2.05) is 11.3 Å². The van der Waals surface area contributed by atoms with Crippen molar-refractivity contribution in [2.24, 2.45) is 0 Å². The van der Waals surface area contributed by atoms with E-state index < -0.39 is 0 Å². The minimum Gasteiger partial charge on any atom is -0.317 e. The van der Waals surface area contributed by atoms with Crippen molar-refractivity contribution in [3.05, 3.63) is 133 Å². The summed E-state index contributed by atoms with van der Waals surface area (Å²) in [6, 6.07) is 37.4. The van der Waals surface area contributed by atoms with Crippen molar-refractivity contribution in [2.45, 2.75) is 12.0 Å². The number of nitrogens with zero attached hydrogens (tertiary/aromatic N) is 3. The number of anilines is 2. The van der Waals surface area contributed by atoms with Crippen LogP contribution in [-0.4, -0.2) is 15.6 Å². The van der Waals surface area contributed by atoms with Crippen LogP contribution in [0.5, 0.6) is 0 Å². The Morgan fingerprint density at radius 2 is 1.31 bits per heavy atom. The van der Waals surface area contributed by atoms with Gasteiger partial charge in [0.15, 0.2) is 5.82 Å². The minimum absolute atomic E-state index is 0.196. The van der Waals surface area contributed by atoms with E-state index in [1.54, 1.807) is 0 Å². The molecule has 0 radical (unpaired) electrons. The minimum atomic E-state index is 0.196. The average molecular weight is 518 g/mol. The van der Waals surface area contributed by atoms with E-state index in [0.29, 0.717) is 5.92 Å². The van der Waals surface area contributed by atoms with Crippen molar-refractivity contribution in [1.29, 1.82) is 0 Å².